The Balaban J connectivity index is 2.29. The Kier molecular flexibility index (Phi) is 2.87. The van der Waals surface area contributed by atoms with E-state index in [2.05, 4.69) is 49.9 Å². The van der Waals surface area contributed by atoms with Crippen molar-refractivity contribution in [3.63, 3.8) is 0 Å². The summed E-state index contributed by atoms with van der Waals surface area (Å²) >= 11 is 0. The molecule has 84 valence electrons. The zero-order valence-electron chi connectivity index (χ0n) is 10.2. The molecule has 1 fully saturated rings. The van der Waals surface area contributed by atoms with Gasteiger partial charge in [-0.15, -0.1) is 0 Å². The number of aryl methyl sites for hydroxylation is 2. The average molecular weight is 214 g/mol. The van der Waals surface area contributed by atoms with Crippen molar-refractivity contribution in [2.45, 2.75) is 33.2 Å². The zero-order valence-corrected chi connectivity index (χ0v) is 10.2. The van der Waals surface area contributed by atoms with Crippen molar-refractivity contribution in [2.75, 3.05) is 11.4 Å². The van der Waals surface area contributed by atoms with Gasteiger partial charge in [0, 0.05) is 18.3 Å². The first kappa shape index (κ1) is 11.0. The van der Waals surface area contributed by atoms with Gasteiger partial charge in [-0.1, -0.05) is 6.07 Å². The largest absolute Gasteiger partial charge is 0.367 e. The second-order valence-electron chi connectivity index (χ2n) is 4.80. The van der Waals surface area contributed by atoms with Gasteiger partial charge in [0.15, 0.2) is 0 Å². The molecular formula is C14H18N2. The number of hydrogen-bond acceptors (Lipinski definition) is 2. The molecule has 2 atom stereocenters. The third-order valence-corrected chi connectivity index (χ3v) is 3.46. The first-order valence-corrected chi connectivity index (χ1v) is 5.86. The fraction of sp³-hybridized carbons (Fsp3) is 0.500. The predicted molar refractivity (Wildman–Crippen MR) is 66.4 cm³/mol. The van der Waals surface area contributed by atoms with E-state index < -0.39 is 0 Å². The maximum atomic E-state index is 9.03. The lowest BCUT2D eigenvalue weighted by Gasteiger charge is -2.25. The standard InChI is InChI=1S/C14H18N2/c1-10-6-11(2)8-14(7-10)16-5-4-13(9-15)12(16)3/h6-8,12-13H,4-5H2,1-3H3. The van der Waals surface area contributed by atoms with Gasteiger partial charge >= 0.3 is 0 Å². The summed E-state index contributed by atoms with van der Waals surface area (Å²) < 4.78 is 0. The highest BCUT2D eigenvalue weighted by atomic mass is 15.2. The molecule has 1 saturated heterocycles. The molecule has 1 aromatic rings. The van der Waals surface area contributed by atoms with E-state index in [-0.39, 0.29) is 5.92 Å². The fourth-order valence-electron chi connectivity index (χ4n) is 2.59. The second-order valence-corrected chi connectivity index (χ2v) is 4.80. The summed E-state index contributed by atoms with van der Waals surface area (Å²) in [5.74, 6) is 0.181. The minimum absolute atomic E-state index is 0.181. The molecule has 0 spiro atoms. The van der Waals surface area contributed by atoms with Crippen LogP contribution >= 0.6 is 0 Å². The summed E-state index contributed by atoms with van der Waals surface area (Å²) in [6, 6.07) is 9.35. The summed E-state index contributed by atoms with van der Waals surface area (Å²) in [6.45, 7) is 7.40. The minimum atomic E-state index is 0.181. The molecule has 2 unspecified atom stereocenters. The number of nitrogens with zero attached hydrogens (tertiary/aromatic N) is 2. The van der Waals surface area contributed by atoms with Crippen molar-refractivity contribution in [1.82, 2.24) is 0 Å². The van der Waals surface area contributed by atoms with Gasteiger partial charge in [0.25, 0.3) is 0 Å². The van der Waals surface area contributed by atoms with Gasteiger partial charge in [-0.3, -0.25) is 0 Å². The van der Waals surface area contributed by atoms with Crippen LogP contribution in [-0.2, 0) is 0 Å². The smallest absolute Gasteiger partial charge is 0.0681 e. The topological polar surface area (TPSA) is 27.0 Å². The van der Waals surface area contributed by atoms with E-state index in [4.69, 9.17) is 5.26 Å². The van der Waals surface area contributed by atoms with Gasteiger partial charge in [-0.2, -0.15) is 5.26 Å². The van der Waals surface area contributed by atoms with Crippen LogP contribution in [0, 0.1) is 31.1 Å². The van der Waals surface area contributed by atoms with Crippen molar-refractivity contribution in [1.29, 1.82) is 5.26 Å². The van der Waals surface area contributed by atoms with Crippen LogP contribution in [0.4, 0.5) is 5.69 Å². The monoisotopic (exact) mass is 214 g/mol. The lowest BCUT2D eigenvalue weighted by atomic mass is 10.0. The molecule has 1 aromatic carbocycles. The molecule has 2 rings (SSSR count). The number of nitriles is 1. The minimum Gasteiger partial charge on any atom is -0.367 e. The van der Waals surface area contributed by atoms with Gasteiger partial charge < -0.3 is 4.90 Å². The Morgan fingerprint density at radius 3 is 2.38 bits per heavy atom. The molecule has 16 heavy (non-hydrogen) atoms. The van der Waals surface area contributed by atoms with Gasteiger partial charge in [0.1, 0.15) is 0 Å². The Morgan fingerprint density at radius 2 is 1.88 bits per heavy atom. The van der Waals surface area contributed by atoms with E-state index in [1.54, 1.807) is 0 Å². The molecule has 1 aliphatic rings. The van der Waals surface area contributed by atoms with Crippen LogP contribution < -0.4 is 4.90 Å². The van der Waals surface area contributed by atoms with Gasteiger partial charge in [0.05, 0.1) is 12.0 Å². The number of rotatable bonds is 1. The van der Waals surface area contributed by atoms with Crippen molar-refractivity contribution in [3.05, 3.63) is 29.3 Å². The first-order chi connectivity index (χ1) is 7.61. The molecule has 0 aromatic heterocycles. The summed E-state index contributed by atoms with van der Waals surface area (Å²) in [5.41, 5.74) is 3.85. The molecule has 0 aliphatic carbocycles. The Bertz CT molecular complexity index is 411. The Hall–Kier alpha value is -1.49. The van der Waals surface area contributed by atoms with Crippen LogP contribution in [0.2, 0.25) is 0 Å². The average Bonchev–Trinajstić information content (AvgIpc) is 2.58. The van der Waals surface area contributed by atoms with Crippen LogP contribution in [0.1, 0.15) is 24.5 Å². The summed E-state index contributed by atoms with van der Waals surface area (Å²) in [4.78, 5) is 2.36. The predicted octanol–water partition coefficient (Wildman–Crippen LogP) is 3.04. The highest BCUT2D eigenvalue weighted by Gasteiger charge is 2.30. The van der Waals surface area contributed by atoms with Gasteiger partial charge in [-0.25, -0.2) is 0 Å². The number of benzene rings is 1. The molecule has 1 aliphatic heterocycles. The van der Waals surface area contributed by atoms with Crippen LogP contribution in [0.3, 0.4) is 0 Å². The van der Waals surface area contributed by atoms with E-state index in [0.29, 0.717) is 6.04 Å². The van der Waals surface area contributed by atoms with E-state index in [1.807, 2.05) is 0 Å². The van der Waals surface area contributed by atoms with Crippen molar-refractivity contribution in [2.24, 2.45) is 5.92 Å². The zero-order chi connectivity index (χ0) is 11.7. The summed E-state index contributed by atoms with van der Waals surface area (Å²) in [7, 11) is 0. The van der Waals surface area contributed by atoms with Crippen molar-refractivity contribution >= 4 is 5.69 Å². The fourth-order valence-corrected chi connectivity index (χ4v) is 2.59. The van der Waals surface area contributed by atoms with Crippen LogP contribution in [0.25, 0.3) is 0 Å². The number of anilines is 1. The molecule has 1 heterocycles. The Morgan fingerprint density at radius 1 is 1.25 bits per heavy atom. The summed E-state index contributed by atoms with van der Waals surface area (Å²) in [6.07, 6.45) is 0.991. The molecule has 2 heteroatoms. The maximum absolute atomic E-state index is 9.03. The van der Waals surface area contributed by atoms with Gasteiger partial charge in [0.2, 0.25) is 0 Å². The summed E-state index contributed by atoms with van der Waals surface area (Å²) in [5, 5.41) is 9.03. The molecule has 0 bridgehead atoms. The maximum Gasteiger partial charge on any atom is 0.0681 e. The van der Waals surface area contributed by atoms with Crippen molar-refractivity contribution < 1.29 is 0 Å². The third kappa shape index (κ3) is 1.90. The molecule has 2 nitrogen and oxygen atoms in total. The number of hydrogen-bond donors (Lipinski definition) is 0. The van der Waals surface area contributed by atoms with Crippen LogP contribution in [0.5, 0.6) is 0 Å². The van der Waals surface area contributed by atoms with E-state index in [1.165, 1.54) is 16.8 Å². The highest BCUT2D eigenvalue weighted by Crippen LogP contribution is 2.30. The SMILES string of the molecule is Cc1cc(C)cc(N2CCC(C#N)C2C)c1. The molecule has 0 radical (unpaired) electrons. The van der Waals surface area contributed by atoms with Crippen molar-refractivity contribution in [3.8, 4) is 6.07 Å². The second kappa shape index (κ2) is 4.17. The quantitative estimate of drug-likeness (QED) is 0.718. The molecule has 0 amide bonds. The molecule has 0 saturated carbocycles. The Labute approximate surface area is 97.5 Å². The lowest BCUT2D eigenvalue weighted by Crippen LogP contribution is -2.29. The third-order valence-electron chi connectivity index (χ3n) is 3.46. The van der Waals surface area contributed by atoms with Gasteiger partial charge in [-0.05, 0) is 50.5 Å². The van der Waals surface area contributed by atoms with Crippen LogP contribution in [0.15, 0.2) is 18.2 Å². The first-order valence-electron chi connectivity index (χ1n) is 5.86. The van der Waals surface area contributed by atoms with E-state index >= 15 is 0 Å². The lowest BCUT2D eigenvalue weighted by molar-refractivity contribution is 0.615. The van der Waals surface area contributed by atoms with E-state index in [0.717, 1.165) is 13.0 Å². The van der Waals surface area contributed by atoms with E-state index in [9.17, 15) is 0 Å². The highest BCUT2D eigenvalue weighted by molar-refractivity contribution is 5.53. The van der Waals surface area contributed by atoms with Crippen LogP contribution in [-0.4, -0.2) is 12.6 Å². The molecule has 0 N–H and O–H groups in total. The molecular weight excluding hydrogens is 196 g/mol. The normalized spacial score (nSPS) is 24.5.